The maximum atomic E-state index is 12.8. The predicted octanol–water partition coefficient (Wildman–Crippen LogP) is 8.92. The van der Waals surface area contributed by atoms with Crippen LogP contribution in [-0.4, -0.2) is 91.0 Å². The summed E-state index contributed by atoms with van der Waals surface area (Å²) in [6.45, 7) is 24.6. The zero-order valence-corrected chi connectivity index (χ0v) is 38.0. The molecule has 4 N–H and O–H groups in total. The van der Waals surface area contributed by atoms with Crippen molar-refractivity contribution in [2.45, 2.75) is 106 Å². The van der Waals surface area contributed by atoms with Crippen LogP contribution in [0.2, 0.25) is 0 Å². The summed E-state index contributed by atoms with van der Waals surface area (Å²) in [5.74, 6) is 3.61. The molecular formula is C46H74N4O5S2. The van der Waals surface area contributed by atoms with Gasteiger partial charge in [0.05, 0.1) is 11.5 Å². The highest BCUT2D eigenvalue weighted by molar-refractivity contribution is 8.24. The van der Waals surface area contributed by atoms with E-state index >= 15 is 0 Å². The monoisotopic (exact) mass is 827 g/mol. The first-order chi connectivity index (χ1) is 26.6. The number of benzene rings is 1. The molecule has 320 valence electrons. The third-order valence-electron chi connectivity index (χ3n) is 17.8. The van der Waals surface area contributed by atoms with Crippen molar-refractivity contribution in [3.8, 4) is 0 Å². The molecule has 4 saturated carbocycles. The first-order valence-electron chi connectivity index (χ1n) is 22.0. The average molecular weight is 827 g/mol. The van der Waals surface area contributed by atoms with Gasteiger partial charge in [0.1, 0.15) is 0 Å². The zero-order chi connectivity index (χ0) is 41.4. The van der Waals surface area contributed by atoms with E-state index in [2.05, 4.69) is 69.1 Å². The van der Waals surface area contributed by atoms with Crippen LogP contribution in [0.1, 0.15) is 122 Å². The van der Waals surface area contributed by atoms with Crippen LogP contribution < -0.4 is 10.0 Å². The van der Waals surface area contributed by atoms with Gasteiger partial charge in [-0.15, -0.1) is 0 Å². The SMILES string of the molecule is C=C(C)[C@@H]1CC[C@]2(CNCCCN3CCS(O)(O)CC3)CC[C@]3(C)[C@H](CC[C@@H]4[C@@]5(C)CC=C(c6ccc(C(=O)NS(=O)(=O)N(C)C)cc6)C(C)(C)[C@@H]5CC[C@]43C)[C@@H]12. The Morgan fingerprint density at radius 2 is 1.61 bits per heavy atom. The number of hydrogen-bond donors (Lipinski definition) is 4. The molecule has 1 saturated heterocycles. The molecule has 57 heavy (non-hydrogen) atoms. The van der Waals surface area contributed by atoms with Gasteiger partial charge in [0, 0.05) is 39.3 Å². The number of carbonyl (C=O) groups excluding carboxylic acids is 1. The Balaban J connectivity index is 1.07. The lowest BCUT2D eigenvalue weighted by Gasteiger charge is -2.72. The summed E-state index contributed by atoms with van der Waals surface area (Å²) < 4.78 is 47.8. The number of hydrogen-bond acceptors (Lipinski definition) is 7. The number of allylic oxidation sites excluding steroid dienone is 3. The highest BCUT2D eigenvalue weighted by Crippen LogP contribution is 2.77. The van der Waals surface area contributed by atoms with Gasteiger partial charge < -0.3 is 10.2 Å². The quantitative estimate of drug-likeness (QED) is 0.130. The van der Waals surface area contributed by atoms with Crippen molar-refractivity contribution in [1.29, 1.82) is 0 Å². The molecule has 1 aromatic rings. The van der Waals surface area contributed by atoms with Crippen LogP contribution in [0.25, 0.3) is 5.57 Å². The van der Waals surface area contributed by atoms with E-state index in [-0.39, 0.29) is 21.7 Å². The molecule has 1 amide bonds. The van der Waals surface area contributed by atoms with Crippen molar-refractivity contribution in [3.05, 3.63) is 53.6 Å². The predicted molar refractivity (Wildman–Crippen MR) is 235 cm³/mol. The average Bonchev–Trinajstić information content (AvgIpc) is 3.52. The van der Waals surface area contributed by atoms with E-state index in [0.717, 1.165) is 55.4 Å². The molecule has 9 nitrogen and oxygen atoms in total. The van der Waals surface area contributed by atoms with E-state index in [0.29, 0.717) is 52.1 Å². The fourth-order valence-electron chi connectivity index (χ4n) is 14.5. The number of rotatable bonds is 11. The van der Waals surface area contributed by atoms with Crippen LogP contribution in [0.5, 0.6) is 0 Å². The Bertz CT molecular complexity index is 1840. The lowest BCUT2D eigenvalue weighted by atomic mass is 9.32. The third-order valence-corrected chi connectivity index (χ3v) is 20.8. The van der Waals surface area contributed by atoms with Crippen molar-refractivity contribution in [2.24, 2.45) is 56.7 Å². The Labute approximate surface area is 346 Å². The van der Waals surface area contributed by atoms with Crippen LogP contribution in [0.15, 0.2) is 42.5 Å². The Morgan fingerprint density at radius 1 is 0.930 bits per heavy atom. The summed E-state index contributed by atoms with van der Waals surface area (Å²) in [6.07, 6.45) is 15.0. The largest absolute Gasteiger partial charge is 0.316 e. The maximum absolute atomic E-state index is 12.8. The smallest absolute Gasteiger partial charge is 0.303 e. The fourth-order valence-corrected chi connectivity index (χ4v) is 16.4. The number of fused-ring (bicyclic) bond motifs is 7. The van der Waals surface area contributed by atoms with Crippen LogP contribution in [0, 0.1) is 56.7 Å². The summed E-state index contributed by atoms with van der Waals surface area (Å²) >= 11 is 0. The molecule has 0 spiro atoms. The Hall–Kier alpha value is -1.73. The molecule has 5 fully saturated rings. The van der Waals surface area contributed by atoms with Gasteiger partial charge in [-0.2, -0.15) is 23.3 Å². The zero-order valence-electron chi connectivity index (χ0n) is 36.3. The van der Waals surface area contributed by atoms with Crippen molar-refractivity contribution in [2.75, 3.05) is 58.3 Å². The second-order valence-corrected chi connectivity index (χ2v) is 25.3. The van der Waals surface area contributed by atoms with E-state index in [1.807, 2.05) is 12.1 Å². The lowest BCUT2D eigenvalue weighted by Crippen LogP contribution is -2.65. The van der Waals surface area contributed by atoms with Gasteiger partial charge in [0.15, 0.2) is 0 Å². The summed E-state index contributed by atoms with van der Waals surface area (Å²) in [5, 5.41) is 4.00. The molecule has 1 aliphatic heterocycles. The topological polar surface area (TPSA) is 122 Å². The standard InChI is InChI=1S/C46H74N4O5S2/c1-32(2)35-17-22-46(31-47-25-10-26-50-27-29-56(52,53)30-28-50)24-23-44(6)37(40(35)46)15-16-39-43(5)20-18-36(42(3,4)38(43)19-21-45(39,44)7)33-11-13-34(14-12-33)41(51)48-57(54,55)49(8)9/h11-14,18,35,37-40,47,52-53H,1,10,15-17,19-31H2,2-9H3,(H,48,51)/t35-,37+,38-,39+,40+,43-,44+,45+,46+/m0/s1. The molecule has 5 aliphatic carbocycles. The van der Waals surface area contributed by atoms with Gasteiger partial charge >= 0.3 is 10.2 Å². The Morgan fingerprint density at radius 3 is 2.26 bits per heavy atom. The summed E-state index contributed by atoms with van der Waals surface area (Å²) in [7, 11) is -3.40. The van der Waals surface area contributed by atoms with Gasteiger partial charge in [-0.25, -0.2) is 4.72 Å². The molecule has 6 aliphatic rings. The van der Waals surface area contributed by atoms with E-state index in [4.69, 9.17) is 0 Å². The molecule has 0 bridgehead atoms. The van der Waals surface area contributed by atoms with E-state index in [1.165, 1.54) is 76.6 Å². The molecule has 0 unspecified atom stereocenters. The van der Waals surface area contributed by atoms with E-state index < -0.39 is 26.7 Å². The minimum atomic E-state index is -3.86. The second kappa shape index (κ2) is 15.3. The van der Waals surface area contributed by atoms with E-state index in [9.17, 15) is 22.3 Å². The lowest BCUT2D eigenvalue weighted by molar-refractivity contribution is -0.225. The fraction of sp³-hybridized carbons (Fsp3) is 0.761. The third kappa shape index (κ3) is 7.43. The van der Waals surface area contributed by atoms with Gasteiger partial charge in [-0.3, -0.25) is 13.9 Å². The molecule has 11 heteroatoms. The van der Waals surface area contributed by atoms with Gasteiger partial charge in [0.25, 0.3) is 5.91 Å². The number of nitrogens with one attached hydrogen (secondary N) is 2. The first-order valence-corrected chi connectivity index (χ1v) is 25.3. The molecule has 7 rings (SSSR count). The number of nitrogens with zero attached hydrogens (tertiary/aromatic N) is 2. The molecular weight excluding hydrogens is 753 g/mol. The second-order valence-electron chi connectivity index (χ2n) is 21.0. The maximum Gasteiger partial charge on any atom is 0.303 e. The number of carbonyl (C=O) groups is 1. The minimum absolute atomic E-state index is 0.0503. The molecule has 1 heterocycles. The highest BCUT2D eigenvalue weighted by atomic mass is 32.3. The van der Waals surface area contributed by atoms with Gasteiger partial charge in [-0.05, 0) is 164 Å². The van der Waals surface area contributed by atoms with Crippen LogP contribution in [0.3, 0.4) is 0 Å². The van der Waals surface area contributed by atoms with Gasteiger partial charge in [0.2, 0.25) is 0 Å². The first kappa shape index (κ1) is 43.4. The normalized spacial score (nSPS) is 39.2. The minimum Gasteiger partial charge on any atom is -0.316 e. The van der Waals surface area contributed by atoms with Crippen molar-refractivity contribution < 1.29 is 22.3 Å². The van der Waals surface area contributed by atoms with Crippen LogP contribution in [0.4, 0.5) is 0 Å². The van der Waals surface area contributed by atoms with Crippen LogP contribution in [-0.2, 0) is 10.2 Å². The molecule has 0 radical (unpaired) electrons. The Kier molecular flexibility index (Phi) is 11.7. The molecule has 9 atom stereocenters. The summed E-state index contributed by atoms with van der Waals surface area (Å²) in [6, 6.07) is 7.53. The number of amides is 1. The highest BCUT2D eigenvalue weighted by Gasteiger charge is 2.70. The van der Waals surface area contributed by atoms with Crippen molar-refractivity contribution in [1.82, 2.24) is 19.2 Å². The van der Waals surface area contributed by atoms with Gasteiger partial charge in [-0.1, -0.05) is 65.0 Å². The van der Waals surface area contributed by atoms with Crippen molar-refractivity contribution >= 4 is 32.3 Å². The summed E-state index contributed by atoms with van der Waals surface area (Å²) in [5.41, 5.74) is 5.22. The molecule has 1 aromatic carbocycles. The van der Waals surface area contributed by atoms with Crippen LogP contribution >= 0.6 is 10.6 Å². The van der Waals surface area contributed by atoms with E-state index in [1.54, 1.807) is 12.1 Å². The summed E-state index contributed by atoms with van der Waals surface area (Å²) in [4.78, 5) is 15.2. The molecule has 0 aromatic heterocycles. The van der Waals surface area contributed by atoms with Crippen molar-refractivity contribution in [3.63, 3.8) is 0 Å².